The van der Waals surface area contributed by atoms with Crippen molar-refractivity contribution in [3.63, 3.8) is 0 Å². The summed E-state index contributed by atoms with van der Waals surface area (Å²) in [7, 11) is -0.315. The second-order valence-corrected chi connectivity index (χ2v) is 6.72. The van der Waals surface area contributed by atoms with Crippen molar-refractivity contribution in [3.05, 3.63) is 25.3 Å². The molecule has 0 fully saturated rings. The van der Waals surface area contributed by atoms with Crippen LogP contribution in [0.15, 0.2) is 25.3 Å². The smallest absolute Gasteiger partial charge is 0.128 e. The van der Waals surface area contributed by atoms with Crippen molar-refractivity contribution >= 4 is 22.7 Å². The first-order chi connectivity index (χ1) is 3.81. The molecule has 0 bridgehead atoms. The lowest BCUT2D eigenvalue weighted by molar-refractivity contribution is 1.59. The molecule has 8 heavy (non-hydrogen) atoms. The highest BCUT2D eigenvalue weighted by atomic mass is 79.9. The van der Waals surface area contributed by atoms with E-state index in [0.717, 1.165) is 12.1 Å². The third kappa shape index (κ3) is 4.34. The molecule has 0 aliphatic heterocycles. The Labute approximate surface area is 60.5 Å². The Morgan fingerprint density at radius 3 is 1.88 bits per heavy atom. The van der Waals surface area contributed by atoms with Crippen LogP contribution in [0, 0.1) is 0 Å². The Balaban J connectivity index is 3.16. The summed E-state index contributed by atoms with van der Waals surface area (Å²) in [6.45, 7) is 7.29. The molecule has 0 unspecified atom stereocenters. The zero-order chi connectivity index (χ0) is 6.41. The molecule has 0 aliphatic rings. The fourth-order valence-electron chi connectivity index (χ4n) is 0.397. The minimum Gasteiger partial charge on any atom is -0.128 e. The predicted molar refractivity (Wildman–Crippen MR) is 44.7 cm³/mol. The first-order valence-corrected chi connectivity index (χ1v) is 6.70. The number of allylic oxidation sites excluding steroid dienone is 2. The maximum atomic E-state index is 3.64. The van der Waals surface area contributed by atoms with E-state index in [1.807, 2.05) is 12.2 Å². The van der Waals surface area contributed by atoms with E-state index in [-0.39, 0.29) is 7.42 Å². The maximum absolute atomic E-state index is 3.64. The van der Waals surface area contributed by atoms with Gasteiger partial charge in [0.15, 0.2) is 0 Å². The summed E-state index contributed by atoms with van der Waals surface area (Å²) >= 11 is 3.56. The molecule has 0 spiro atoms. The highest BCUT2D eigenvalue weighted by Crippen LogP contribution is 2.06. The van der Waals surface area contributed by atoms with Crippen molar-refractivity contribution in [1.82, 2.24) is 0 Å². The van der Waals surface area contributed by atoms with Crippen LogP contribution in [0.3, 0.4) is 0 Å². The lowest BCUT2D eigenvalue weighted by Gasteiger charge is -1.95. The molecule has 0 nitrogen and oxygen atoms in total. The van der Waals surface area contributed by atoms with Gasteiger partial charge in [-0.1, -0.05) is 12.2 Å². The van der Waals surface area contributed by atoms with Gasteiger partial charge in [0.1, 0.15) is 7.42 Å². The lowest BCUT2D eigenvalue weighted by Crippen LogP contribution is -1.96. The molecule has 0 saturated carbocycles. The van der Waals surface area contributed by atoms with Crippen molar-refractivity contribution in [1.29, 1.82) is 0 Å². The third-order valence-electron chi connectivity index (χ3n) is 0.732. The van der Waals surface area contributed by atoms with E-state index < -0.39 is 0 Å². The van der Waals surface area contributed by atoms with Crippen LogP contribution in [0.1, 0.15) is 0 Å². The Hall–Kier alpha value is 0.177. The zero-order valence-corrected chi connectivity index (χ0v) is 7.45. The highest BCUT2D eigenvalue weighted by molar-refractivity contribution is 9.24. The average molecular weight is 190 g/mol. The van der Waals surface area contributed by atoms with Crippen LogP contribution >= 0.6 is 15.3 Å². The van der Waals surface area contributed by atoms with Gasteiger partial charge in [0.2, 0.25) is 0 Å². The summed E-state index contributed by atoms with van der Waals surface area (Å²) in [6.07, 6.45) is 3.90. The van der Waals surface area contributed by atoms with E-state index >= 15 is 0 Å². The van der Waals surface area contributed by atoms with Crippen molar-refractivity contribution in [3.8, 4) is 0 Å². The molecule has 2 heteroatoms. The molecule has 0 aromatic rings. The second-order valence-electron chi connectivity index (χ2n) is 1.50. The number of rotatable bonds is 4. The van der Waals surface area contributed by atoms with E-state index in [1.54, 1.807) is 0 Å². The topological polar surface area (TPSA) is 0 Å². The van der Waals surface area contributed by atoms with Gasteiger partial charge in [-0.25, -0.2) is 0 Å². The van der Waals surface area contributed by atoms with Crippen LogP contribution in [0.25, 0.3) is 0 Å². The van der Waals surface area contributed by atoms with Crippen LogP contribution in [0.4, 0.5) is 0 Å². The van der Waals surface area contributed by atoms with E-state index in [1.165, 1.54) is 0 Å². The van der Waals surface area contributed by atoms with Gasteiger partial charge < -0.3 is 0 Å². The molecule has 0 rings (SSSR count). The molecular formula is C6H10BrSi. The molecule has 0 aliphatic carbocycles. The molecule has 45 valence electrons. The van der Waals surface area contributed by atoms with Gasteiger partial charge in [-0.05, 0) is 12.1 Å². The van der Waals surface area contributed by atoms with E-state index in [0.29, 0.717) is 0 Å². The summed E-state index contributed by atoms with van der Waals surface area (Å²) in [4.78, 5) is 0. The van der Waals surface area contributed by atoms with Crippen LogP contribution in [0.5, 0.6) is 0 Å². The molecule has 0 aromatic carbocycles. The minimum atomic E-state index is -0.315. The van der Waals surface area contributed by atoms with Gasteiger partial charge >= 0.3 is 0 Å². The molecular weight excluding hydrogens is 180 g/mol. The Kier molecular flexibility index (Phi) is 5.43. The molecule has 0 aromatic heterocycles. The quantitative estimate of drug-likeness (QED) is 0.363. The minimum absolute atomic E-state index is 0.315. The van der Waals surface area contributed by atoms with Crippen molar-refractivity contribution in [2.45, 2.75) is 12.1 Å². The van der Waals surface area contributed by atoms with Gasteiger partial charge in [0.05, 0.1) is 0 Å². The van der Waals surface area contributed by atoms with Gasteiger partial charge in [0.25, 0.3) is 0 Å². The summed E-state index contributed by atoms with van der Waals surface area (Å²) in [5.41, 5.74) is 0. The fraction of sp³-hybridized carbons (Fsp3) is 0.333. The van der Waals surface area contributed by atoms with Crippen LogP contribution in [-0.4, -0.2) is 7.42 Å². The summed E-state index contributed by atoms with van der Waals surface area (Å²) in [6, 6.07) is 2.24. The van der Waals surface area contributed by atoms with Crippen molar-refractivity contribution in [2.75, 3.05) is 0 Å². The van der Waals surface area contributed by atoms with Gasteiger partial charge in [-0.3, -0.25) is 0 Å². The second kappa shape index (κ2) is 5.32. The maximum Gasteiger partial charge on any atom is 0.143 e. The normalized spacial score (nSPS) is 9.25. The number of hydrogen-bond acceptors (Lipinski definition) is 0. The lowest BCUT2D eigenvalue weighted by atomic mass is 10.7. The molecule has 1 radical (unpaired) electrons. The molecule has 0 atom stereocenters. The standard InChI is InChI=1S/C6H10BrSi/c1-3-5-8(7)6-4-2/h3-4H,1-2,5-6H2. The van der Waals surface area contributed by atoms with E-state index in [2.05, 4.69) is 28.5 Å². The molecule has 0 amide bonds. The Morgan fingerprint density at radius 2 is 1.62 bits per heavy atom. The first kappa shape index (κ1) is 8.18. The monoisotopic (exact) mass is 189 g/mol. The summed E-state index contributed by atoms with van der Waals surface area (Å²) in [5, 5.41) is 0. The predicted octanol–water partition coefficient (Wildman–Crippen LogP) is 2.74. The van der Waals surface area contributed by atoms with E-state index in [9.17, 15) is 0 Å². The van der Waals surface area contributed by atoms with Gasteiger partial charge in [0, 0.05) is 0 Å². The molecule has 0 heterocycles. The Bertz CT molecular complexity index is 70.6. The highest BCUT2D eigenvalue weighted by Gasteiger charge is 1.98. The fourth-order valence-corrected chi connectivity index (χ4v) is 2.56. The molecule has 0 saturated heterocycles. The SMILES string of the molecule is C=CC[Si](Br)CC=C. The zero-order valence-electron chi connectivity index (χ0n) is 4.86. The summed E-state index contributed by atoms with van der Waals surface area (Å²) in [5.74, 6) is 0. The number of halogens is 1. The largest absolute Gasteiger partial charge is 0.143 e. The third-order valence-corrected chi connectivity index (χ3v) is 4.14. The number of hydrogen-bond donors (Lipinski definition) is 0. The first-order valence-electron chi connectivity index (χ1n) is 2.53. The van der Waals surface area contributed by atoms with Crippen molar-refractivity contribution in [2.24, 2.45) is 0 Å². The van der Waals surface area contributed by atoms with Gasteiger partial charge in [-0.15, -0.1) is 28.5 Å². The van der Waals surface area contributed by atoms with Gasteiger partial charge in [-0.2, -0.15) is 0 Å². The van der Waals surface area contributed by atoms with Crippen molar-refractivity contribution < 1.29 is 0 Å². The van der Waals surface area contributed by atoms with Crippen LogP contribution in [0.2, 0.25) is 12.1 Å². The Morgan fingerprint density at radius 1 is 1.25 bits per heavy atom. The average Bonchev–Trinajstić information content (AvgIpc) is 1.68. The summed E-state index contributed by atoms with van der Waals surface area (Å²) < 4.78 is 0. The van der Waals surface area contributed by atoms with Crippen LogP contribution in [-0.2, 0) is 0 Å². The molecule has 0 N–H and O–H groups in total. The van der Waals surface area contributed by atoms with E-state index in [4.69, 9.17) is 0 Å². The van der Waals surface area contributed by atoms with Crippen LogP contribution < -0.4 is 0 Å².